The molecular weight excluding hydrogens is 326 g/mol. The fourth-order valence-corrected chi connectivity index (χ4v) is 2.04. The maximum absolute atomic E-state index is 12.0. The molecule has 6 nitrogen and oxygen atoms in total. The van der Waals surface area contributed by atoms with Crippen molar-refractivity contribution in [3.63, 3.8) is 0 Å². The Bertz CT molecular complexity index is 741. The van der Waals surface area contributed by atoms with Gasteiger partial charge in [-0.2, -0.15) is 0 Å². The number of amides is 1. The second-order valence-electron chi connectivity index (χ2n) is 4.38. The summed E-state index contributed by atoms with van der Waals surface area (Å²) in [5.74, 6) is -0.547. The van der Waals surface area contributed by atoms with Crippen molar-refractivity contribution >= 4 is 27.5 Å². The lowest BCUT2D eigenvalue weighted by Gasteiger charge is -2.09. The summed E-state index contributed by atoms with van der Waals surface area (Å²) < 4.78 is 0.972. The molecule has 0 spiro atoms. The molecule has 0 saturated carbocycles. The number of aromatic amines is 2. The van der Waals surface area contributed by atoms with Crippen molar-refractivity contribution in [2.45, 2.75) is 13.8 Å². The zero-order valence-electron chi connectivity index (χ0n) is 10.8. The Morgan fingerprint density at radius 3 is 2.25 bits per heavy atom. The highest BCUT2D eigenvalue weighted by atomic mass is 79.9. The van der Waals surface area contributed by atoms with Gasteiger partial charge >= 0.3 is 5.69 Å². The molecule has 0 aliphatic rings. The van der Waals surface area contributed by atoms with Gasteiger partial charge in [0.25, 0.3) is 11.5 Å². The molecule has 0 bridgehead atoms. The van der Waals surface area contributed by atoms with Gasteiger partial charge in [0, 0.05) is 16.2 Å². The number of rotatable bonds is 2. The first-order valence-electron chi connectivity index (χ1n) is 5.78. The van der Waals surface area contributed by atoms with Crippen LogP contribution >= 0.6 is 15.9 Å². The van der Waals surface area contributed by atoms with Gasteiger partial charge in [0.1, 0.15) is 5.69 Å². The van der Waals surface area contributed by atoms with Crippen molar-refractivity contribution in [3.05, 3.63) is 60.3 Å². The summed E-state index contributed by atoms with van der Waals surface area (Å²) in [4.78, 5) is 38.5. The Labute approximate surface area is 122 Å². The molecule has 0 radical (unpaired) electrons. The maximum atomic E-state index is 12.0. The van der Waals surface area contributed by atoms with Crippen molar-refractivity contribution < 1.29 is 4.79 Å². The molecule has 0 aliphatic heterocycles. The number of anilines is 1. The SMILES string of the molecule is Cc1cc(NC(=O)c2cc(=O)[nH]c(=O)[nH]2)cc(C)c1Br. The monoisotopic (exact) mass is 337 g/mol. The number of nitrogens with one attached hydrogen (secondary N) is 3. The van der Waals surface area contributed by atoms with Crippen molar-refractivity contribution in [2.24, 2.45) is 0 Å². The lowest BCUT2D eigenvalue weighted by atomic mass is 10.1. The van der Waals surface area contributed by atoms with Crippen LogP contribution in [0, 0.1) is 13.8 Å². The number of hydrogen-bond acceptors (Lipinski definition) is 3. The fourth-order valence-electron chi connectivity index (χ4n) is 1.81. The number of hydrogen-bond donors (Lipinski definition) is 3. The van der Waals surface area contributed by atoms with Gasteiger partial charge in [-0.3, -0.25) is 14.6 Å². The Hall–Kier alpha value is -2.15. The van der Waals surface area contributed by atoms with Gasteiger partial charge in [-0.25, -0.2) is 4.79 Å². The van der Waals surface area contributed by atoms with Crippen molar-refractivity contribution in [2.75, 3.05) is 5.32 Å². The first kappa shape index (κ1) is 14.3. The predicted octanol–water partition coefficient (Wildman–Crippen LogP) is 1.69. The molecule has 2 aromatic rings. The van der Waals surface area contributed by atoms with Crippen LogP contribution in [-0.2, 0) is 0 Å². The van der Waals surface area contributed by atoms with Gasteiger partial charge in [0.15, 0.2) is 0 Å². The van der Waals surface area contributed by atoms with E-state index in [2.05, 4.69) is 26.2 Å². The van der Waals surface area contributed by atoms with Crippen LogP contribution in [0.5, 0.6) is 0 Å². The summed E-state index contributed by atoms with van der Waals surface area (Å²) >= 11 is 3.44. The van der Waals surface area contributed by atoms with Crippen LogP contribution in [-0.4, -0.2) is 15.9 Å². The molecule has 2 rings (SSSR count). The van der Waals surface area contributed by atoms with E-state index in [1.807, 2.05) is 18.8 Å². The molecule has 1 aromatic carbocycles. The van der Waals surface area contributed by atoms with E-state index in [4.69, 9.17) is 0 Å². The van der Waals surface area contributed by atoms with Crippen LogP contribution in [0.2, 0.25) is 0 Å². The molecule has 0 atom stereocenters. The maximum Gasteiger partial charge on any atom is 0.326 e. The fraction of sp³-hybridized carbons (Fsp3) is 0.154. The van der Waals surface area contributed by atoms with Crippen molar-refractivity contribution in [1.29, 1.82) is 0 Å². The number of carbonyl (C=O) groups excluding carboxylic acids is 1. The number of halogens is 1. The summed E-state index contributed by atoms with van der Waals surface area (Å²) in [6.45, 7) is 3.81. The van der Waals surface area contributed by atoms with Crippen LogP contribution in [0.15, 0.2) is 32.3 Å². The summed E-state index contributed by atoms with van der Waals surface area (Å²) in [6.07, 6.45) is 0. The minimum Gasteiger partial charge on any atom is -0.321 e. The highest BCUT2D eigenvalue weighted by molar-refractivity contribution is 9.10. The Kier molecular flexibility index (Phi) is 3.89. The van der Waals surface area contributed by atoms with E-state index in [9.17, 15) is 14.4 Å². The van der Waals surface area contributed by atoms with Gasteiger partial charge in [-0.1, -0.05) is 15.9 Å². The summed E-state index contributed by atoms with van der Waals surface area (Å²) in [6, 6.07) is 4.62. The minimum atomic E-state index is -0.717. The molecular formula is C13H12BrN3O3. The molecule has 0 saturated heterocycles. The molecule has 7 heteroatoms. The van der Waals surface area contributed by atoms with Crippen molar-refractivity contribution in [3.8, 4) is 0 Å². The van der Waals surface area contributed by atoms with E-state index >= 15 is 0 Å². The van der Waals surface area contributed by atoms with E-state index < -0.39 is 17.2 Å². The van der Waals surface area contributed by atoms with Crippen molar-refractivity contribution in [1.82, 2.24) is 9.97 Å². The highest BCUT2D eigenvalue weighted by Crippen LogP contribution is 2.25. The highest BCUT2D eigenvalue weighted by Gasteiger charge is 2.10. The molecule has 0 fully saturated rings. The molecule has 0 aliphatic carbocycles. The van der Waals surface area contributed by atoms with Gasteiger partial charge in [0.2, 0.25) is 0 Å². The average molecular weight is 338 g/mol. The van der Waals surface area contributed by atoms with Gasteiger partial charge in [0.05, 0.1) is 0 Å². The topological polar surface area (TPSA) is 94.8 Å². The van der Waals surface area contributed by atoms with Gasteiger partial charge < -0.3 is 10.3 Å². The Morgan fingerprint density at radius 1 is 1.10 bits per heavy atom. The molecule has 3 N–H and O–H groups in total. The zero-order chi connectivity index (χ0) is 14.9. The average Bonchev–Trinajstić information content (AvgIpc) is 2.34. The largest absolute Gasteiger partial charge is 0.326 e. The van der Waals surface area contributed by atoms with Crippen LogP contribution < -0.4 is 16.6 Å². The van der Waals surface area contributed by atoms with E-state index in [0.29, 0.717) is 5.69 Å². The Balaban J connectivity index is 2.32. The second-order valence-corrected chi connectivity index (χ2v) is 5.17. The number of H-pyrrole nitrogens is 2. The number of benzene rings is 1. The third kappa shape index (κ3) is 3.05. The van der Waals surface area contributed by atoms with Crippen LogP contribution in [0.25, 0.3) is 0 Å². The van der Waals surface area contributed by atoms with E-state index in [1.165, 1.54) is 0 Å². The summed E-state index contributed by atoms with van der Waals surface area (Å²) in [7, 11) is 0. The number of carbonyl (C=O) groups is 1. The van der Waals surface area contributed by atoms with Gasteiger partial charge in [-0.15, -0.1) is 0 Å². The lowest BCUT2D eigenvalue weighted by molar-refractivity contribution is 0.102. The van der Waals surface area contributed by atoms with Gasteiger partial charge in [-0.05, 0) is 37.1 Å². The molecule has 0 unspecified atom stereocenters. The first-order valence-corrected chi connectivity index (χ1v) is 6.58. The number of aryl methyl sites for hydroxylation is 2. The standard InChI is InChI=1S/C13H12BrN3O3/c1-6-3-8(4-7(2)11(6)14)15-12(19)9-5-10(18)17-13(20)16-9/h3-5H,1-2H3,(H,15,19)(H2,16,17,18,20). The lowest BCUT2D eigenvalue weighted by Crippen LogP contribution is -2.27. The molecule has 1 amide bonds. The van der Waals surface area contributed by atoms with E-state index in [-0.39, 0.29) is 5.69 Å². The Morgan fingerprint density at radius 2 is 1.70 bits per heavy atom. The zero-order valence-corrected chi connectivity index (χ0v) is 12.4. The summed E-state index contributed by atoms with van der Waals surface area (Å²) in [5.41, 5.74) is 1.11. The molecule has 104 valence electrons. The van der Waals surface area contributed by atoms with E-state index in [0.717, 1.165) is 21.7 Å². The normalized spacial score (nSPS) is 10.3. The molecule has 1 aromatic heterocycles. The van der Waals surface area contributed by atoms with Crippen LogP contribution in [0.1, 0.15) is 21.6 Å². The minimum absolute atomic E-state index is 0.0861. The number of aromatic nitrogens is 2. The van der Waals surface area contributed by atoms with Crippen LogP contribution in [0.4, 0.5) is 5.69 Å². The third-order valence-corrected chi connectivity index (χ3v) is 3.95. The molecule has 20 heavy (non-hydrogen) atoms. The first-order chi connectivity index (χ1) is 9.36. The molecule has 1 heterocycles. The third-order valence-electron chi connectivity index (χ3n) is 2.70. The van der Waals surface area contributed by atoms with E-state index in [1.54, 1.807) is 12.1 Å². The second kappa shape index (κ2) is 5.46. The van der Waals surface area contributed by atoms with Crippen LogP contribution in [0.3, 0.4) is 0 Å². The smallest absolute Gasteiger partial charge is 0.321 e. The summed E-state index contributed by atoms with van der Waals surface area (Å²) in [5, 5.41) is 2.64. The predicted molar refractivity (Wildman–Crippen MR) is 79.3 cm³/mol. The quantitative estimate of drug-likeness (QED) is 0.778.